The van der Waals surface area contributed by atoms with Gasteiger partial charge < -0.3 is 19.6 Å². The predicted molar refractivity (Wildman–Crippen MR) is 116 cm³/mol. The summed E-state index contributed by atoms with van der Waals surface area (Å²) in [7, 11) is 3.97. The Morgan fingerprint density at radius 2 is 2.07 bits per heavy atom. The summed E-state index contributed by atoms with van der Waals surface area (Å²) < 4.78 is 6.52. The Hall–Kier alpha value is -1.08. The molecular formula is C24H39N3O3. The zero-order valence-electron chi connectivity index (χ0n) is 18.8. The highest BCUT2D eigenvalue weighted by Crippen LogP contribution is 2.59. The number of hydroxylamine groups is 2. The van der Waals surface area contributed by atoms with Crippen LogP contribution in [-0.4, -0.2) is 85.6 Å². The van der Waals surface area contributed by atoms with Gasteiger partial charge in [-0.05, 0) is 63.6 Å². The molecule has 5 aliphatic rings. The normalized spacial score (nSPS) is 39.5. The first kappa shape index (κ1) is 20.8. The highest BCUT2D eigenvalue weighted by molar-refractivity contribution is 5.38. The Morgan fingerprint density at radius 3 is 2.87 bits per heavy atom. The van der Waals surface area contributed by atoms with Gasteiger partial charge in [0.25, 0.3) is 0 Å². The maximum absolute atomic E-state index is 10.5. The molecule has 0 radical (unpaired) electrons. The van der Waals surface area contributed by atoms with Crippen molar-refractivity contribution in [3.8, 4) is 0 Å². The van der Waals surface area contributed by atoms with Crippen LogP contribution in [0.2, 0.25) is 0 Å². The first-order valence-electron chi connectivity index (χ1n) is 12.1. The van der Waals surface area contributed by atoms with E-state index in [2.05, 4.69) is 29.1 Å². The average molecular weight is 418 g/mol. The molecule has 168 valence electrons. The molecule has 6 nitrogen and oxygen atoms in total. The zero-order chi connectivity index (χ0) is 20.7. The number of aliphatic hydroxyl groups excluding tert-OH is 1. The molecule has 2 aliphatic carbocycles. The quantitative estimate of drug-likeness (QED) is 0.742. The summed E-state index contributed by atoms with van der Waals surface area (Å²) in [6.07, 6.45) is 12.2. The minimum atomic E-state index is -0.290. The van der Waals surface area contributed by atoms with Crippen LogP contribution in [0.25, 0.3) is 0 Å². The van der Waals surface area contributed by atoms with E-state index < -0.39 is 0 Å². The molecule has 0 amide bonds. The van der Waals surface area contributed by atoms with E-state index in [0.29, 0.717) is 12.3 Å². The van der Waals surface area contributed by atoms with Gasteiger partial charge in [0.1, 0.15) is 6.10 Å². The Kier molecular flexibility index (Phi) is 5.86. The summed E-state index contributed by atoms with van der Waals surface area (Å²) in [4.78, 5) is 10.7. The lowest BCUT2D eigenvalue weighted by Gasteiger charge is -2.43. The first-order chi connectivity index (χ1) is 14.6. The molecule has 30 heavy (non-hydrogen) atoms. The van der Waals surface area contributed by atoms with Gasteiger partial charge in [-0.1, -0.05) is 6.08 Å². The maximum atomic E-state index is 10.5. The molecule has 0 aromatic carbocycles. The largest absolute Gasteiger partial charge is 0.493 e. The molecule has 5 atom stereocenters. The van der Waals surface area contributed by atoms with Gasteiger partial charge in [-0.2, -0.15) is 0 Å². The summed E-state index contributed by atoms with van der Waals surface area (Å²) in [5.41, 5.74) is 1.52. The Balaban J connectivity index is 1.28. The van der Waals surface area contributed by atoms with E-state index in [0.717, 1.165) is 31.1 Å². The van der Waals surface area contributed by atoms with E-state index in [1.54, 1.807) is 7.11 Å². The van der Waals surface area contributed by atoms with Crippen LogP contribution in [0.4, 0.5) is 0 Å². The highest BCUT2D eigenvalue weighted by Gasteiger charge is 2.56. The van der Waals surface area contributed by atoms with E-state index in [4.69, 9.17) is 9.57 Å². The minimum Gasteiger partial charge on any atom is -0.493 e. The number of piperazine rings is 1. The fraction of sp³-hybridized carbons (Fsp3) is 0.833. The van der Waals surface area contributed by atoms with Crippen LogP contribution in [0, 0.1) is 17.3 Å². The summed E-state index contributed by atoms with van der Waals surface area (Å²) in [6, 6.07) is 0. The number of ether oxygens (including phenoxy) is 1. The van der Waals surface area contributed by atoms with E-state index in [-0.39, 0.29) is 17.6 Å². The Bertz CT molecular complexity index is 687. The van der Waals surface area contributed by atoms with E-state index in [1.807, 2.05) is 5.06 Å². The summed E-state index contributed by atoms with van der Waals surface area (Å²) in [6.45, 7) is 6.91. The molecule has 5 rings (SSSR count). The van der Waals surface area contributed by atoms with Gasteiger partial charge in [-0.3, -0.25) is 9.90 Å². The molecule has 1 spiro atoms. The predicted octanol–water partition coefficient (Wildman–Crippen LogP) is 2.62. The van der Waals surface area contributed by atoms with E-state index >= 15 is 0 Å². The van der Waals surface area contributed by atoms with Gasteiger partial charge in [0, 0.05) is 44.7 Å². The van der Waals surface area contributed by atoms with Gasteiger partial charge in [0.05, 0.1) is 30.9 Å². The lowest BCUT2D eigenvalue weighted by Crippen LogP contribution is -2.45. The van der Waals surface area contributed by atoms with Crippen molar-refractivity contribution in [2.45, 2.75) is 57.2 Å². The molecule has 1 saturated heterocycles. The van der Waals surface area contributed by atoms with Crippen molar-refractivity contribution in [1.82, 2.24) is 14.9 Å². The fourth-order valence-electron chi connectivity index (χ4n) is 6.79. The van der Waals surface area contributed by atoms with E-state index in [9.17, 15) is 5.11 Å². The molecule has 2 fully saturated rings. The maximum Gasteiger partial charge on any atom is 0.111 e. The van der Waals surface area contributed by atoms with Crippen LogP contribution < -0.4 is 0 Å². The van der Waals surface area contributed by atoms with Gasteiger partial charge in [0.15, 0.2) is 0 Å². The summed E-state index contributed by atoms with van der Waals surface area (Å²) >= 11 is 0. The number of aliphatic hydroxyl groups is 1. The molecule has 6 heteroatoms. The lowest BCUT2D eigenvalue weighted by atomic mass is 9.60. The van der Waals surface area contributed by atoms with Crippen LogP contribution in [-0.2, 0) is 9.57 Å². The second-order valence-electron chi connectivity index (χ2n) is 10.3. The first-order valence-corrected chi connectivity index (χ1v) is 12.1. The smallest absolute Gasteiger partial charge is 0.111 e. The Labute approximate surface area is 181 Å². The number of rotatable bonds is 5. The third-order valence-corrected chi connectivity index (χ3v) is 8.37. The van der Waals surface area contributed by atoms with Crippen molar-refractivity contribution in [3.05, 3.63) is 23.6 Å². The second kappa shape index (κ2) is 8.45. The highest BCUT2D eigenvalue weighted by atomic mass is 16.7. The molecule has 1 N–H and O–H groups in total. The van der Waals surface area contributed by atoms with Crippen molar-refractivity contribution >= 4 is 0 Å². The van der Waals surface area contributed by atoms with Crippen LogP contribution in [0.1, 0.15) is 44.9 Å². The number of hydrogen-bond acceptors (Lipinski definition) is 6. The number of likely N-dealkylation sites (N-methyl/N-ethyl adjacent to an activating group) is 1. The zero-order valence-corrected chi connectivity index (χ0v) is 18.8. The van der Waals surface area contributed by atoms with Crippen LogP contribution in [0.15, 0.2) is 23.6 Å². The molecule has 0 bridgehead atoms. The third kappa shape index (κ3) is 3.81. The monoisotopic (exact) mass is 417 g/mol. The van der Waals surface area contributed by atoms with Crippen molar-refractivity contribution in [3.63, 3.8) is 0 Å². The standard InChI is InChI=1S/C24H39N3O3/c1-25-10-12-26(13-11-25)8-3-4-18-5-6-22-24(16-18)7-9-27(29-2)17-19-14-20(28)15-21(30-22)23(19)24/h7,9,18-20,22,28H,3-6,8,10-17H2,1-2H3/t18?,19-,20+,22+,24?/m0/s1. The minimum absolute atomic E-state index is 0.0180. The van der Waals surface area contributed by atoms with Crippen molar-refractivity contribution in [2.75, 3.05) is 53.4 Å². The summed E-state index contributed by atoms with van der Waals surface area (Å²) in [5.74, 6) is 2.19. The van der Waals surface area contributed by atoms with Crippen molar-refractivity contribution < 1.29 is 14.7 Å². The Morgan fingerprint density at radius 1 is 1.23 bits per heavy atom. The molecular weight excluding hydrogens is 378 g/mol. The number of nitrogens with zero attached hydrogens (tertiary/aromatic N) is 3. The topological polar surface area (TPSA) is 48.4 Å². The number of hydrogen-bond donors (Lipinski definition) is 1. The van der Waals surface area contributed by atoms with Gasteiger partial charge >= 0.3 is 0 Å². The van der Waals surface area contributed by atoms with Crippen molar-refractivity contribution in [1.29, 1.82) is 0 Å². The van der Waals surface area contributed by atoms with Gasteiger partial charge in [0.2, 0.25) is 0 Å². The molecule has 3 aliphatic heterocycles. The average Bonchev–Trinajstić information content (AvgIpc) is 2.96. The molecule has 3 heterocycles. The molecule has 2 unspecified atom stereocenters. The second-order valence-corrected chi connectivity index (χ2v) is 10.3. The van der Waals surface area contributed by atoms with Gasteiger partial charge in [-0.25, -0.2) is 0 Å². The van der Waals surface area contributed by atoms with E-state index in [1.165, 1.54) is 64.0 Å². The van der Waals surface area contributed by atoms with Crippen LogP contribution in [0.5, 0.6) is 0 Å². The summed E-state index contributed by atoms with van der Waals surface area (Å²) in [5, 5.41) is 12.4. The van der Waals surface area contributed by atoms with Crippen molar-refractivity contribution in [2.24, 2.45) is 17.3 Å². The fourth-order valence-corrected chi connectivity index (χ4v) is 6.79. The van der Waals surface area contributed by atoms with Gasteiger partial charge in [-0.15, -0.1) is 0 Å². The third-order valence-electron chi connectivity index (χ3n) is 8.37. The molecule has 1 saturated carbocycles. The van der Waals surface area contributed by atoms with Crippen LogP contribution >= 0.6 is 0 Å². The molecule has 0 aromatic heterocycles. The van der Waals surface area contributed by atoms with Crippen LogP contribution in [0.3, 0.4) is 0 Å². The molecule has 0 aromatic rings. The lowest BCUT2D eigenvalue weighted by molar-refractivity contribution is -0.0967. The SMILES string of the molecule is CON1C=CC23CC(CCCN4CCN(C)CC4)CC[C@H]2OC2=C3[C@@H](C[C@@H](O)C2)C1.